The Morgan fingerprint density at radius 2 is 1.72 bits per heavy atom. The van der Waals surface area contributed by atoms with E-state index in [4.69, 9.17) is 16.3 Å². The SMILES string of the molecule is CC[C@H](C(=O)N[C@@H](C)COc1ccc(C)cc1)N(c1ccc(Cl)cc1)S(C)(=O)=O. The summed E-state index contributed by atoms with van der Waals surface area (Å²) in [6.45, 7) is 5.84. The highest BCUT2D eigenvalue weighted by Gasteiger charge is 2.32. The first-order chi connectivity index (χ1) is 13.6. The lowest BCUT2D eigenvalue weighted by atomic mass is 10.1. The van der Waals surface area contributed by atoms with Crippen LogP contribution in [0, 0.1) is 6.92 Å². The van der Waals surface area contributed by atoms with Crippen LogP contribution < -0.4 is 14.4 Å². The molecule has 8 heteroatoms. The summed E-state index contributed by atoms with van der Waals surface area (Å²) < 4.78 is 31.7. The van der Waals surface area contributed by atoms with E-state index in [1.54, 1.807) is 31.2 Å². The largest absolute Gasteiger partial charge is 0.491 e. The number of nitrogens with one attached hydrogen (secondary N) is 1. The van der Waals surface area contributed by atoms with Crippen LogP contribution in [0.3, 0.4) is 0 Å². The molecule has 0 unspecified atom stereocenters. The van der Waals surface area contributed by atoms with Crippen molar-refractivity contribution in [1.82, 2.24) is 5.32 Å². The average molecular weight is 439 g/mol. The molecule has 29 heavy (non-hydrogen) atoms. The molecule has 0 saturated heterocycles. The summed E-state index contributed by atoms with van der Waals surface area (Å²) in [5.41, 5.74) is 1.52. The van der Waals surface area contributed by atoms with Gasteiger partial charge in [0.1, 0.15) is 18.4 Å². The zero-order chi connectivity index (χ0) is 21.6. The first-order valence-corrected chi connectivity index (χ1v) is 11.6. The van der Waals surface area contributed by atoms with Crippen molar-refractivity contribution in [2.45, 2.75) is 39.3 Å². The van der Waals surface area contributed by atoms with Crippen LogP contribution in [0.2, 0.25) is 5.02 Å². The maximum atomic E-state index is 12.9. The van der Waals surface area contributed by atoms with E-state index in [-0.39, 0.29) is 18.6 Å². The Morgan fingerprint density at radius 3 is 2.24 bits per heavy atom. The maximum Gasteiger partial charge on any atom is 0.244 e. The molecule has 0 aromatic heterocycles. The van der Waals surface area contributed by atoms with Gasteiger partial charge in [-0.05, 0) is 56.7 Å². The Kier molecular flexibility index (Phi) is 7.93. The van der Waals surface area contributed by atoms with Crippen LogP contribution in [0.4, 0.5) is 5.69 Å². The molecule has 0 aliphatic heterocycles. The van der Waals surface area contributed by atoms with E-state index in [1.807, 2.05) is 38.1 Å². The van der Waals surface area contributed by atoms with Crippen molar-refractivity contribution in [3.05, 3.63) is 59.1 Å². The van der Waals surface area contributed by atoms with Crippen LogP contribution in [0.5, 0.6) is 5.75 Å². The molecule has 1 amide bonds. The Bertz CT molecular complexity index is 915. The molecule has 2 rings (SSSR count). The van der Waals surface area contributed by atoms with E-state index in [0.29, 0.717) is 22.9 Å². The predicted molar refractivity (Wildman–Crippen MR) is 117 cm³/mol. The second-order valence-electron chi connectivity index (χ2n) is 6.99. The van der Waals surface area contributed by atoms with Crippen molar-refractivity contribution in [1.29, 1.82) is 0 Å². The molecular formula is C21H27ClN2O4S. The van der Waals surface area contributed by atoms with Gasteiger partial charge in [-0.3, -0.25) is 9.10 Å². The number of carbonyl (C=O) groups excluding carboxylic acids is 1. The number of aryl methyl sites for hydroxylation is 1. The second kappa shape index (κ2) is 9.98. The zero-order valence-electron chi connectivity index (χ0n) is 17.1. The molecule has 2 atom stereocenters. The molecule has 0 radical (unpaired) electrons. The molecule has 2 aromatic carbocycles. The summed E-state index contributed by atoms with van der Waals surface area (Å²) in [6, 6.07) is 12.8. The number of halogens is 1. The Hall–Kier alpha value is -2.25. The highest BCUT2D eigenvalue weighted by molar-refractivity contribution is 7.92. The van der Waals surface area contributed by atoms with Gasteiger partial charge in [0.25, 0.3) is 0 Å². The maximum absolute atomic E-state index is 12.9. The van der Waals surface area contributed by atoms with Crippen molar-refractivity contribution < 1.29 is 17.9 Å². The van der Waals surface area contributed by atoms with Gasteiger partial charge in [-0.15, -0.1) is 0 Å². The smallest absolute Gasteiger partial charge is 0.244 e. The van der Waals surface area contributed by atoms with E-state index in [2.05, 4.69) is 5.32 Å². The third-order valence-electron chi connectivity index (χ3n) is 4.32. The number of anilines is 1. The minimum absolute atomic E-state index is 0.269. The monoisotopic (exact) mass is 438 g/mol. The third-order valence-corrected chi connectivity index (χ3v) is 5.75. The van der Waals surface area contributed by atoms with Crippen molar-refractivity contribution in [3.63, 3.8) is 0 Å². The van der Waals surface area contributed by atoms with E-state index >= 15 is 0 Å². The molecule has 6 nitrogen and oxygen atoms in total. The topological polar surface area (TPSA) is 75.7 Å². The zero-order valence-corrected chi connectivity index (χ0v) is 18.6. The van der Waals surface area contributed by atoms with Crippen LogP contribution in [-0.2, 0) is 14.8 Å². The molecule has 0 aliphatic carbocycles. The Labute approximate surface area is 177 Å². The van der Waals surface area contributed by atoms with Gasteiger partial charge in [-0.25, -0.2) is 8.42 Å². The summed E-state index contributed by atoms with van der Waals surface area (Å²) in [4.78, 5) is 12.9. The third kappa shape index (κ3) is 6.65. The number of benzene rings is 2. The van der Waals surface area contributed by atoms with Gasteiger partial charge in [-0.2, -0.15) is 0 Å². The molecule has 0 heterocycles. The van der Waals surface area contributed by atoms with E-state index < -0.39 is 16.1 Å². The second-order valence-corrected chi connectivity index (χ2v) is 9.29. The summed E-state index contributed by atoms with van der Waals surface area (Å²) in [5.74, 6) is 0.329. The minimum Gasteiger partial charge on any atom is -0.491 e. The van der Waals surface area contributed by atoms with E-state index in [0.717, 1.165) is 16.1 Å². The van der Waals surface area contributed by atoms with Crippen LogP contribution >= 0.6 is 11.6 Å². The number of hydrogen-bond donors (Lipinski definition) is 1. The quantitative estimate of drug-likeness (QED) is 0.646. The molecule has 1 N–H and O–H groups in total. The number of rotatable bonds is 9. The number of sulfonamides is 1. The highest BCUT2D eigenvalue weighted by atomic mass is 35.5. The molecule has 0 bridgehead atoms. The first-order valence-electron chi connectivity index (χ1n) is 9.36. The average Bonchev–Trinajstić information content (AvgIpc) is 2.65. The molecule has 0 fully saturated rings. The van der Waals surface area contributed by atoms with Crippen molar-refractivity contribution in [2.75, 3.05) is 17.2 Å². The van der Waals surface area contributed by atoms with Crippen LogP contribution in [-0.4, -0.2) is 39.3 Å². The Balaban J connectivity index is 2.09. The number of nitrogens with zero attached hydrogens (tertiary/aromatic N) is 1. The fourth-order valence-corrected chi connectivity index (χ4v) is 4.22. The van der Waals surface area contributed by atoms with Crippen molar-refractivity contribution >= 4 is 33.2 Å². The number of carbonyl (C=O) groups is 1. The fourth-order valence-electron chi connectivity index (χ4n) is 2.88. The number of amides is 1. The predicted octanol–water partition coefficient (Wildman–Crippen LogP) is 3.78. The van der Waals surface area contributed by atoms with Gasteiger partial charge < -0.3 is 10.1 Å². The van der Waals surface area contributed by atoms with Crippen molar-refractivity contribution in [2.24, 2.45) is 0 Å². The van der Waals surface area contributed by atoms with Gasteiger partial charge in [0.15, 0.2) is 0 Å². The van der Waals surface area contributed by atoms with E-state index in [1.165, 1.54) is 0 Å². The fraction of sp³-hybridized carbons (Fsp3) is 0.381. The van der Waals surface area contributed by atoms with Gasteiger partial charge >= 0.3 is 0 Å². The van der Waals surface area contributed by atoms with Gasteiger partial charge in [-0.1, -0.05) is 36.2 Å². The normalized spacial score (nSPS) is 13.4. The highest BCUT2D eigenvalue weighted by Crippen LogP contribution is 2.24. The summed E-state index contributed by atoms with van der Waals surface area (Å²) in [5, 5.41) is 3.34. The van der Waals surface area contributed by atoms with Gasteiger partial charge in [0.2, 0.25) is 15.9 Å². The molecule has 0 aliphatic rings. The first kappa shape index (κ1) is 23.0. The lowest BCUT2D eigenvalue weighted by Crippen LogP contribution is -2.52. The molecule has 158 valence electrons. The van der Waals surface area contributed by atoms with E-state index in [9.17, 15) is 13.2 Å². The van der Waals surface area contributed by atoms with Crippen LogP contribution in [0.15, 0.2) is 48.5 Å². The van der Waals surface area contributed by atoms with Crippen LogP contribution in [0.1, 0.15) is 25.8 Å². The summed E-state index contributed by atoms with van der Waals surface area (Å²) >= 11 is 5.91. The Morgan fingerprint density at radius 1 is 1.14 bits per heavy atom. The van der Waals surface area contributed by atoms with Crippen LogP contribution in [0.25, 0.3) is 0 Å². The molecular weight excluding hydrogens is 412 g/mol. The summed E-state index contributed by atoms with van der Waals surface area (Å²) in [7, 11) is -3.68. The van der Waals surface area contributed by atoms with Gasteiger partial charge in [0, 0.05) is 5.02 Å². The standard InChI is InChI=1S/C21H27ClN2O4S/c1-5-20(24(29(4,26)27)18-10-8-17(22)9-11-18)21(25)23-16(3)14-28-19-12-6-15(2)7-13-19/h6-13,16,20H,5,14H2,1-4H3,(H,23,25)/t16-,20+/m0/s1. The van der Waals surface area contributed by atoms with Crippen molar-refractivity contribution in [3.8, 4) is 5.75 Å². The molecule has 2 aromatic rings. The number of ether oxygens (including phenoxy) is 1. The van der Waals surface area contributed by atoms with Gasteiger partial charge in [0.05, 0.1) is 18.0 Å². The molecule has 0 saturated carbocycles. The lowest BCUT2D eigenvalue weighted by molar-refractivity contribution is -0.123. The number of hydrogen-bond acceptors (Lipinski definition) is 4. The lowest BCUT2D eigenvalue weighted by Gasteiger charge is -2.31. The minimum atomic E-state index is -3.68. The summed E-state index contributed by atoms with van der Waals surface area (Å²) in [6.07, 6.45) is 1.40. The molecule has 0 spiro atoms.